The second kappa shape index (κ2) is 4.20. The van der Waals surface area contributed by atoms with Crippen molar-refractivity contribution in [2.75, 3.05) is 7.11 Å². The highest BCUT2D eigenvalue weighted by molar-refractivity contribution is 5.87. The lowest BCUT2D eigenvalue weighted by Crippen LogP contribution is -2.54. The molecule has 0 rings (SSSR count). The van der Waals surface area contributed by atoms with Gasteiger partial charge in [-0.1, -0.05) is 0 Å². The highest BCUT2D eigenvalue weighted by atomic mass is 16.5. The Bertz CT molecular complexity index is 211. The molecule has 13 heavy (non-hydrogen) atoms. The topological polar surface area (TPSA) is 95.9 Å². The maximum absolute atomic E-state index is 10.8. The number of carbonyl (C=O) groups is 2. The Balaban J connectivity index is 4.33. The molecule has 76 valence electrons. The number of hydrogen-bond donors (Lipinski definition) is 3. The zero-order chi connectivity index (χ0) is 10.6. The van der Waals surface area contributed by atoms with Gasteiger partial charge in [-0.2, -0.15) is 0 Å². The quantitative estimate of drug-likeness (QED) is 0.367. The number of nitrogens with one attached hydrogen (secondary N) is 1. The molecule has 0 spiro atoms. The molecule has 0 fully saturated rings. The smallest absolute Gasteiger partial charge is 0.359 e. The summed E-state index contributed by atoms with van der Waals surface area (Å²) < 4.78 is 4.21. The molecule has 0 aliphatic rings. The summed E-state index contributed by atoms with van der Waals surface area (Å²) in [6.07, 6.45) is -1.30. The molecule has 0 aromatic carbocycles. The molecule has 1 amide bonds. The van der Waals surface area contributed by atoms with Gasteiger partial charge in [0.2, 0.25) is 5.72 Å². The van der Waals surface area contributed by atoms with E-state index in [1.54, 1.807) is 0 Å². The third kappa shape index (κ3) is 3.39. The Morgan fingerprint density at radius 3 is 2.31 bits per heavy atom. The van der Waals surface area contributed by atoms with Gasteiger partial charge >= 0.3 is 5.97 Å². The van der Waals surface area contributed by atoms with Gasteiger partial charge in [-0.05, 0) is 13.8 Å². The lowest BCUT2D eigenvalue weighted by atomic mass is 10.2. The fourth-order valence-electron chi connectivity index (χ4n) is 0.594. The van der Waals surface area contributed by atoms with E-state index in [2.05, 4.69) is 4.74 Å². The summed E-state index contributed by atoms with van der Waals surface area (Å²) >= 11 is 0. The molecule has 0 aromatic rings. The molecule has 0 radical (unpaired) electrons. The van der Waals surface area contributed by atoms with Crippen LogP contribution in [0.15, 0.2) is 0 Å². The summed E-state index contributed by atoms with van der Waals surface area (Å²) in [5.41, 5.74) is -2.11. The Morgan fingerprint density at radius 1 is 1.54 bits per heavy atom. The lowest BCUT2D eigenvalue weighted by Gasteiger charge is -2.22. The van der Waals surface area contributed by atoms with Crippen molar-refractivity contribution in [2.45, 2.75) is 25.7 Å². The van der Waals surface area contributed by atoms with Crippen LogP contribution in [0.2, 0.25) is 0 Å². The molecule has 0 aliphatic carbocycles. The first-order valence-corrected chi connectivity index (χ1v) is 3.62. The van der Waals surface area contributed by atoms with Crippen LogP contribution in [0, 0.1) is 0 Å². The Hall–Kier alpha value is -1.14. The number of carbonyl (C=O) groups excluding carboxylic acids is 2. The van der Waals surface area contributed by atoms with Gasteiger partial charge in [0.1, 0.15) is 6.10 Å². The second-order valence-corrected chi connectivity index (χ2v) is 2.73. The van der Waals surface area contributed by atoms with Gasteiger partial charge in [-0.25, -0.2) is 4.79 Å². The molecule has 0 bridgehead atoms. The fourth-order valence-corrected chi connectivity index (χ4v) is 0.594. The Kier molecular flexibility index (Phi) is 3.83. The first-order chi connectivity index (χ1) is 5.81. The highest BCUT2D eigenvalue weighted by Crippen LogP contribution is 2.01. The van der Waals surface area contributed by atoms with Crippen LogP contribution >= 0.6 is 0 Å². The van der Waals surface area contributed by atoms with Gasteiger partial charge in [0.25, 0.3) is 5.91 Å². The van der Waals surface area contributed by atoms with E-state index in [1.165, 1.54) is 6.92 Å². The SMILES string of the molecule is COC(=O)C(C)(O)NC(=O)C(C)O. The first kappa shape index (κ1) is 11.9. The Labute approximate surface area is 75.5 Å². The van der Waals surface area contributed by atoms with Crippen molar-refractivity contribution in [3.63, 3.8) is 0 Å². The van der Waals surface area contributed by atoms with E-state index in [0.717, 1.165) is 14.0 Å². The lowest BCUT2D eigenvalue weighted by molar-refractivity contribution is -0.167. The van der Waals surface area contributed by atoms with Crippen molar-refractivity contribution in [2.24, 2.45) is 0 Å². The van der Waals surface area contributed by atoms with E-state index in [0.29, 0.717) is 0 Å². The van der Waals surface area contributed by atoms with Gasteiger partial charge in [0, 0.05) is 0 Å². The van der Waals surface area contributed by atoms with Crippen molar-refractivity contribution >= 4 is 11.9 Å². The normalized spacial score (nSPS) is 17.0. The van der Waals surface area contributed by atoms with Crippen LogP contribution in [0.5, 0.6) is 0 Å². The summed E-state index contributed by atoms with van der Waals surface area (Å²) in [5.74, 6) is -1.85. The number of hydrogen-bond acceptors (Lipinski definition) is 5. The highest BCUT2D eigenvalue weighted by Gasteiger charge is 2.34. The molecule has 0 aromatic heterocycles. The predicted molar refractivity (Wildman–Crippen MR) is 42.5 cm³/mol. The fraction of sp³-hybridized carbons (Fsp3) is 0.714. The number of rotatable bonds is 3. The molecule has 0 aliphatic heterocycles. The summed E-state index contributed by atoms with van der Waals surface area (Å²) in [7, 11) is 1.07. The molecular weight excluding hydrogens is 178 g/mol. The van der Waals surface area contributed by atoms with Crippen molar-refractivity contribution < 1.29 is 24.5 Å². The van der Waals surface area contributed by atoms with E-state index in [9.17, 15) is 14.7 Å². The summed E-state index contributed by atoms with van der Waals surface area (Å²) in [4.78, 5) is 21.7. The second-order valence-electron chi connectivity index (χ2n) is 2.73. The van der Waals surface area contributed by atoms with Crippen LogP contribution in [0.1, 0.15) is 13.8 Å². The van der Waals surface area contributed by atoms with Crippen LogP contribution in [0.4, 0.5) is 0 Å². The zero-order valence-corrected chi connectivity index (χ0v) is 7.70. The number of aliphatic hydroxyl groups is 2. The van der Waals surface area contributed by atoms with E-state index in [1.807, 2.05) is 5.32 Å². The Morgan fingerprint density at radius 2 is 2.00 bits per heavy atom. The third-order valence-electron chi connectivity index (χ3n) is 1.33. The molecule has 3 N–H and O–H groups in total. The standard InChI is InChI=1S/C7H13NO5/c1-4(9)5(10)8-7(2,12)6(11)13-3/h4,9,12H,1-3H3,(H,8,10). The van der Waals surface area contributed by atoms with Gasteiger partial charge in [0.15, 0.2) is 0 Å². The maximum Gasteiger partial charge on any atom is 0.359 e. The minimum absolute atomic E-state index is 0.851. The van der Waals surface area contributed by atoms with E-state index in [-0.39, 0.29) is 0 Å². The minimum Gasteiger partial charge on any atom is -0.465 e. The molecule has 0 heterocycles. The zero-order valence-electron chi connectivity index (χ0n) is 7.70. The molecule has 0 saturated heterocycles. The van der Waals surface area contributed by atoms with E-state index in [4.69, 9.17) is 5.11 Å². The van der Waals surface area contributed by atoms with Crippen LogP contribution in [-0.2, 0) is 14.3 Å². The van der Waals surface area contributed by atoms with Gasteiger partial charge in [-0.15, -0.1) is 0 Å². The van der Waals surface area contributed by atoms with E-state index >= 15 is 0 Å². The van der Waals surface area contributed by atoms with Gasteiger partial charge in [0.05, 0.1) is 7.11 Å². The number of ether oxygens (including phenoxy) is 1. The number of aliphatic hydroxyl groups excluding tert-OH is 1. The maximum atomic E-state index is 10.8. The number of methoxy groups -OCH3 is 1. The molecule has 2 atom stereocenters. The number of esters is 1. The number of amides is 1. The summed E-state index contributed by atoms with van der Waals surface area (Å²) in [6, 6.07) is 0. The van der Waals surface area contributed by atoms with Gasteiger partial charge in [-0.3, -0.25) is 4.79 Å². The van der Waals surface area contributed by atoms with Crippen LogP contribution in [-0.4, -0.2) is 41.0 Å². The summed E-state index contributed by atoms with van der Waals surface area (Å²) in [5, 5.41) is 19.9. The third-order valence-corrected chi connectivity index (χ3v) is 1.33. The van der Waals surface area contributed by atoms with Crippen LogP contribution in [0.25, 0.3) is 0 Å². The average molecular weight is 191 g/mol. The molecule has 6 heteroatoms. The minimum atomic E-state index is -2.11. The molecule has 6 nitrogen and oxygen atoms in total. The molecule has 0 saturated carbocycles. The molecule has 2 unspecified atom stereocenters. The largest absolute Gasteiger partial charge is 0.465 e. The molecular formula is C7H13NO5. The van der Waals surface area contributed by atoms with Crippen LogP contribution in [0.3, 0.4) is 0 Å². The van der Waals surface area contributed by atoms with Crippen molar-refractivity contribution in [1.82, 2.24) is 5.32 Å². The average Bonchev–Trinajstić information content (AvgIpc) is 2.01. The predicted octanol–water partition coefficient (Wildman–Crippen LogP) is -1.64. The summed E-state index contributed by atoms with van der Waals surface area (Å²) in [6.45, 7) is 2.27. The monoisotopic (exact) mass is 191 g/mol. The van der Waals surface area contributed by atoms with E-state index < -0.39 is 23.7 Å². The van der Waals surface area contributed by atoms with Gasteiger partial charge < -0.3 is 20.3 Å². The van der Waals surface area contributed by atoms with Crippen molar-refractivity contribution in [3.05, 3.63) is 0 Å². The van der Waals surface area contributed by atoms with Crippen LogP contribution < -0.4 is 5.32 Å². The van der Waals surface area contributed by atoms with Crippen molar-refractivity contribution in [3.8, 4) is 0 Å². The van der Waals surface area contributed by atoms with Crippen molar-refractivity contribution in [1.29, 1.82) is 0 Å². The first-order valence-electron chi connectivity index (χ1n) is 3.62.